The molecule has 0 fully saturated rings. The van der Waals surface area contributed by atoms with Gasteiger partial charge >= 0.3 is 0 Å². The molecule has 0 aliphatic heterocycles. The summed E-state index contributed by atoms with van der Waals surface area (Å²) in [5.41, 5.74) is 2.10. The zero-order chi connectivity index (χ0) is 14.5. The predicted molar refractivity (Wildman–Crippen MR) is 80.1 cm³/mol. The third kappa shape index (κ3) is 3.78. The third-order valence-electron chi connectivity index (χ3n) is 2.87. The second-order valence-corrected chi connectivity index (χ2v) is 5.14. The van der Waals surface area contributed by atoms with E-state index in [9.17, 15) is 0 Å². The summed E-state index contributed by atoms with van der Waals surface area (Å²) in [7, 11) is 1.93. The number of aromatic nitrogens is 2. The first-order valence-corrected chi connectivity index (χ1v) is 6.85. The first-order chi connectivity index (χ1) is 9.58. The summed E-state index contributed by atoms with van der Waals surface area (Å²) in [6.07, 6.45) is 0. The molecule has 0 saturated carbocycles. The van der Waals surface area contributed by atoms with Crippen LogP contribution in [0.3, 0.4) is 0 Å². The van der Waals surface area contributed by atoms with E-state index in [1.807, 2.05) is 38.2 Å². The molecule has 0 saturated heterocycles. The van der Waals surface area contributed by atoms with Crippen LogP contribution in [0.15, 0.2) is 30.3 Å². The van der Waals surface area contributed by atoms with Crippen LogP contribution < -0.4 is 10.1 Å². The second kappa shape index (κ2) is 6.48. The Morgan fingerprint density at radius 2 is 2.00 bits per heavy atom. The summed E-state index contributed by atoms with van der Waals surface area (Å²) in [6, 6.07) is 9.86. The Hall–Kier alpha value is -1.94. The maximum absolute atomic E-state index is 5.86. The topological polar surface area (TPSA) is 47.0 Å². The van der Waals surface area contributed by atoms with Crippen LogP contribution in [0.1, 0.15) is 36.8 Å². The molecule has 0 bridgehead atoms. The van der Waals surface area contributed by atoms with Gasteiger partial charge in [-0.25, -0.2) is 4.98 Å². The minimum absolute atomic E-state index is 0.285. The molecule has 0 radical (unpaired) electrons. The van der Waals surface area contributed by atoms with Crippen LogP contribution in [0, 0.1) is 6.92 Å². The lowest BCUT2D eigenvalue weighted by atomic mass is 10.2. The molecule has 0 unspecified atom stereocenters. The van der Waals surface area contributed by atoms with Crippen molar-refractivity contribution >= 4 is 0 Å². The van der Waals surface area contributed by atoms with Crippen molar-refractivity contribution in [3.8, 4) is 11.6 Å². The van der Waals surface area contributed by atoms with E-state index in [0.717, 1.165) is 23.8 Å². The van der Waals surface area contributed by atoms with Gasteiger partial charge in [0.1, 0.15) is 11.6 Å². The van der Waals surface area contributed by atoms with Gasteiger partial charge in [-0.05, 0) is 31.7 Å². The largest absolute Gasteiger partial charge is 0.439 e. The molecule has 20 heavy (non-hydrogen) atoms. The summed E-state index contributed by atoms with van der Waals surface area (Å²) in [6.45, 7) is 6.92. The van der Waals surface area contributed by atoms with Crippen molar-refractivity contribution in [2.45, 2.75) is 33.2 Å². The quantitative estimate of drug-likeness (QED) is 0.905. The van der Waals surface area contributed by atoms with E-state index >= 15 is 0 Å². The van der Waals surface area contributed by atoms with Gasteiger partial charge in [-0.15, -0.1) is 0 Å². The van der Waals surface area contributed by atoms with Crippen molar-refractivity contribution in [3.63, 3.8) is 0 Å². The van der Waals surface area contributed by atoms with Crippen molar-refractivity contribution < 1.29 is 4.74 Å². The van der Waals surface area contributed by atoms with Gasteiger partial charge in [-0.3, -0.25) is 0 Å². The minimum atomic E-state index is 0.285. The van der Waals surface area contributed by atoms with Crippen LogP contribution >= 0.6 is 0 Å². The van der Waals surface area contributed by atoms with Crippen molar-refractivity contribution in [1.29, 1.82) is 0 Å². The highest BCUT2D eigenvalue weighted by atomic mass is 16.5. The number of hydrogen-bond donors (Lipinski definition) is 1. The van der Waals surface area contributed by atoms with E-state index in [-0.39, 0.29) is 5.92 Å². The summed E-state index contributed by atoms with van der Waals surface area (Å²) in [5, 5.41) is 3.13. The Labute approximate surface area is 120 Å². The molecule has 0 aliphatic carbocycles. The SMILES string of the molecule is CNCc1cccc(Oc2cc(C)nc(C(C)C)n2)c1. The monoisotopic (exact) mass is 271 g/mol. The van der Waals surface area contributed by atoms with Gasteiger partial charge in [0.25, 0.3) is 0 Å². The van der Waals surface area contributed by atoms with Gasteiger partial charge in [0, 0.05) is 24.2 Å². The highest BCUT2D eigenvalue weighted by Crippen LogP contribution is 2.22. The van der Waals surface area contributed by atoms with Crippen molar-refractivity contribution in [3.05, 3.63) is 47.4 Å². The number of rotatable bonds is 5. The van der Waals surface area contributed by atoms with E-state index in [0.29, 0.717) is 5.88 Å². The van der Waals surface area contributed by atoms with Gasteiger partial charge in [-0.2, -0.15) is 4.98 Å². The molecule has 4 nitrogen and oxygen atoms in total. The number of benzene rings is 1. The molecule has 2 aromatic rings. The van der Waals surface area contributed by atoms with Gasteiger partial charge in [0.2, 0.25) is 5.88 Å². The van der Waals surface area contributed by atoms with Crippen LogP contribution in [0.4, 0.5) is 0 Å². The molecule has 1 N–H and O–H groups in total. The summed E-state index contributed by atoms with van der Waals surface area (Å²) < 4.78 is 5.86. The Bertz CT molecular complexity index is 582. The van der Waals surface area contributed by atoms with Crippen LogP contribution in [0.5, 0.6) is 11.6 Å². The fourth-order valence-electron chi connectivity index (χ4n) is 1.92. The molecule has 0 spiro atoms. The third-order valence-corrected chi connectivity index (χ3v) is 2.87. The zero-order valence-corrected chi connectivity index (χ0v) is 12.5. The van der Waals surface area contributed by atoms with Crippen molar-refractivity contribution in [2.75, 3.05) is 7.05 Å². The molecule has 4 heteroatoms. The highest BCUT2D eigenvalue weighted by molar-refractivity contribution is 5.32. The molecular weight excluding hydrogens is 250 g/mol. The lowest BCUT2D eigenvalue weighted by Crippen LogP contribution is -2.05. The van der Waals surface area contributed by atoms with Crippen molar-refractivity contribution in [2.24, 2.45) is 0 Å². The molecule has 106 valence electrons. The summed E-state index contributed by atoms with van der Waals surface area (Å²) in [5.74, 6) is 2.49. The molecule has 2 rings (SSSR count). The van der Waals surface area contributed by atoms with E-state index in [4.69, 9.17) is 4.74 Å². The summed E-state index contributed by atoms with van der Waals surface area (Å²) >= 11 is 0. The Balaban J connectivity index is 2.23. The van der Waals surface area contributed by atoms with Gasteiger partial charge in [0.15, 0.2) is 0 Å². The maximum Gasteiger partial charge on any atom is 0.222 e. The zero-order valence-electron chi connectivity index (χ0n) is 12.5. The number of ether oxygens (including phenoxy) is 1. The molecular formula is C16H21N3O. The van der Waals surface area contributed by atoms with E-state index in [2.05, 4.69) is 35.2 Å². The highest BCUT2D eigenvalue weighted by Gasteiger charge is 2.08. The lowest BCUT2D eigenvalue weighted by molar-refractivity contribution is 0.455. The molecule has 0 amide bonds. The number of nitrogens with one attached hydrogen (secondary N) is 1. The fraction of sp³-hybridized carbons (Fsp3) is 0.375. The Kier molecular flexibility index (Phi) is 4.69. The van der Waals surface area contributed by atoms with Gasteiger partial charge in [0.05, 0.1) is 0 Å². The maximum atomic E-state index is 5.86. The lowest BCUT2D eigenvalue weighted by Gasteiger charge is -2.10. The number of hydrogen-bond acceptors (Lipinski definition) is 4. The molecule has 0 aliphatic rings. The van der Waals surface area contributed by atoms with E-state index in [1.165, 1.54) is 5.56 Å². The van der Waals surface area contributed by atoms with Gasteiger partial charge < -0.3 is 10.1 Å². The average Bonchev–Trinajstić information content (AvgIpc) is 2.38. The number of nitrogens with zero attached hydrogens (tertiary/aromatic N) is 2. The fourth-order valence-corrected chi connectivity index (χ4v) is 1.92. The van der Waals surface area contributed by atoms with Gasteiger partial charge in [-0.1, -0.05) is 26.0 Å². The Morgan fingerprint density at radius 1 is 1.20 bits per heavy atom. The van der Waals surface area contributed by atoms with E-state index in [1.54, 1.807) is 0 Å². The van der Waals surface area contributed by atoms with Crippen LogP contribution in [0.25, 0.3) is 0 Å². The van der Waals surface area contributed by atoms with E-state index < -0.39 is 0 Å². The molecule has 0 atom stereocenters. The summed E-state index contributed by atoms with van der Waals surface area (Å²) in [4.78, 5) is 8.88. The minimum Gasteiger partial charge on any atom is -0.439 e. The first kappa shape index (κ1) is 14.5. The van der Waals surface area contributed by atoms with Crippen LogP contribution in [0.2, 0.25) is 0 Å². The number of aryl methyl sites for hydroxylation is 1. The van der Waals surface area contributed by atoms with Crippen LogP contribution in [-0.2, 0) is 6.54 Å². The van der Waals surface area contributed by atoms with Crippen LogP contribution in [-0.4, -0.2) is 17.0 Å². The standard InChI is InChI=1S/C16H21N3O/c1-11(2)16-18-12(3)8-15(19-16)20-14-7-5-6-13(9-14)10-17-4/h5-9,11,17H,10H2,1-4H3. The van der Waals surface area contributed by atoms with Crippen molar-refractivity contribution in [1.82, 2.24) is 15.3 Å². The average molecular weight is 271 g/mol. The predicted octanol–water partition coefficient (Wildman–Crippen LogP) is 3.42. The second-order valence-electron chi connectivity index (χ2n) is 5.14. The smallest absolute Gasteiger partial charge is 0.222 e. The molecule has 1 heterocycles. The Morgan fingerprint density at radius 3 is 2.70 bits per heavy atom. The molecule has 1 aromatic carbocycles. The normalized spacial score (nSPS) is 10.8. The first-order valence-electron chi connectivity index (χ1n) is 6.85. The molecule has 1 aromatic heterocycles.